The molecule has 1 heterocycles. The zero-order valence-electron chi connectivity index (χ0n) is 6.09. The number of carboxylic acids is 1. The van der Waals surface area contributed by atoms with Crippen LogP contribution in [0.1, 0.15) is 9.67 Å². The smallest absolute Gasteiger partial charge is 0.347 e. The fourth-order valence-corrected chi connectivity index (χ4v) is 2.68. The Bertz CT molecular complexity index is 445. The monoisotopic (exact) mass is 223 g/mol. The van der Waals surface area contributed by atoms with Crippen molar-refractivity contribution in [2.75, 3.05) is 5.73 Å². The van der Waals surface area contributed by atoms with Crippen molar-refractivity contribution in [3.05, 3.63) is 10.3 Å². The molecule has 0 fully saturated rings. The van der Waals surface area contributed by atoms with E-state index in [1.165, 1.54) is 0 Å². The molecule has 0 aromatic carbocycles. The van der Waals surface area contributed by atoms with E-state index in [-0.39, 0.29) is 5.69 Å². The first-order valence-electron chi connectivity index (χ1n) is 2.91. The molecule has 4 N–H and O–H groups in total. The number of aromatic carboxylic acids is 1. The summed E-state index contributed by atoms with van der Waals surface area (Å²) in [7, 11) is -4.56. The summed E-state index contributed by atoms with van der Waals surface area (Å²) in [6.45, 7) is 0. The van der Waals surface area contributed by atoms with Gasteiger partial charge in [-0.2, -0.15) is 8.42 Å². The number of hydrogen-bond acceptors (Lipinski definition) is 5. The summed E-state index contributed by atoms with van der Waals surface area (Å²) in [6, 6.07) is 0. The van der Waals surface area contributed by atoms with Crippen LogP contribution in [0.15, 0.2) is 10.3 Å². The van der Waals surface area contributed by atoms with E-state index >= 15 is 0 Å². The van der Waals surface area contributed by atoms with Crippen LogP contribution in [0.2, 0.25) is 0 Å². The molecule has 72 valence electrons. The number of hydrogen-bond donors (Lipinski definition) is 3. The van der Waals surface area contributed by atoms with Gasteiger partial charge in [-0.05, 0) is 0 Å². The molecule has 0 saturated heterocycles. The third kappa shape index (κ3) is 1.79. The maximum absolute atomic E-state index is 10.7. The zero-order chi connectivity index (χ0) is 10.2. The molecule has 1 aromatic rings. The molecule has 6 nitrogen and oxygen atoms in total. The molecule has 1 aromatic heterocycles. The Morgan fingerprint density at radius 2 is 2.08 bits per heavy atom. The Morgan fingerprint density at radius 1 is 1.54 bits per heavy atom. The molecular weight excluding hydrogens is 218 g/mol. The predicted octanol–water partition coefficient (Wildman–Crippen LogP) is 0.275. The van der Waals surface area contributed by atoms with E-state index < -0.39 is 25.9 Å². The van der Waals surface area contributed by atoms with E-state index in [1.807, 2.05) is 0 Å². The van der Waals surface area contributed by atoms with Gasteiger partial charge in [0.2, 0.25) is 0 Å². The quantitative estimate of drug-likeness (QED) is 0.619. The first-order valence-corrected chi connectivity index (χ1v) is 5.23. The SMILES string of the molecule is Nc1csc(C(=O)O)c1S(=O)(=O)O. The van der Waals surface area contributed by atoms with Crippen LogP contribution in [0.25, 0.3) is 0 Å². The molecule has 0 unspecified atom stereocenters. The van der Waals surface area contributed by atoms with Crippen molar-refractivity contribution in [1.29, 1.82) is 0 Å². The summed E-state index contributed by atoms with van der Waals surface area (Å²) in [5.74, 6) is -1.44. The average molecular weight is 223 g/mol. The van der Waals surface area contributed by atoms with Crippen molar-refractivity contribution in [2.45, 2.75) is 4.90 Å². The van der Waals surface area contributed by atoms with Crippen molar-refractivity contribution < 1.29 is 22.9 Å². The van der Waals surface area contributed by atoms with E-state index in [1.54, 1.807) is 0 Å². The van der Waals surface area contributed by atoms with Crippen LogP contribution < -0.4 is 5.73 Å². The second kappa shape index (κ2) is 2.98. The molecule has 0 aliphatic heterocycles. The van der Waals surface area contributed by atoms with Gasteiger partial charge in [0.15, 0.2) is 0 Å². The van der Waals surface area contributed by atoms with E-state index in [9.17, 15) is 13.2 Å². The van der Waals surface area contributed by atoms with Crippen molar-refractivity contribution in [2.24, 2.45) is 0 Å². The maximum Gasteiger partial charge on any atom is 0.347 e. The lowest BCUT2D eigenvalue weighted by atomic mass is 10.4. The fraction of sp³-hybridized carbons (Fsp3) is 0. The summed E-state index contributed by atoms with van der Waals surface area (Å²) >= 11 is 0.647. The van der Waals surface area contributed by atoms with Gasteiger partial charge >= 0.3 is 5.97 Å². The van der Waals surface area contributed by atoms with Crippen LogP contribution in [0.5, 0.6) is 0 Å². The van der Waals surface area contributed by atoms with E-state index in [2.05, 4.69) is 0 Å². The number of nitrogens with two attached hydrogens (primary N) is 1. The first-order chi connectivity index (χ1) is 5.84. The van der Waals surface area contributed by atoms with Gasteiger partial charge in [0.25, 0.3) is 10.1 Å². The minimum absolute atomic E-state index is 0.259. The van der Waals surface area contributed by atoms with Crippen molar-refractivity contribution in [3.8, 4) is 0 Å². The third-order valence-electron chi connectivity index (χ3n) is 1.22. The average Bonchev–Trinajstić information content (AvgIpc) is 2.28. The van der Waals surface area contributed by atoms with Gasteiger partial charge in [-0.1, -0.05) is 0 Å². The molecule has 8 heteroatoms. The summed E-state index contributed by atoms with van der Waals surface area (Å²) < 4.78 is 29.9. The van der Waals surface area contributed by atoms with Crippen LogP contribution in [-0.2, 0) is 10.1 Å². The molecule has 0 bridgehead atoms. The molecular formula is C5H5NO5S2. The highest BCUT2D eigenvalue weighted by Gasteiger charge is 2.25. The summed E-state index contributed by atoms with van der Waals surface area (Å²) in [5.41, 5.74) is 4.91. The predicted molar refractivity (Wildman–Crippen MR) is 45.5 cm³/mol. The molecule has 0 saturated carbocycles. The van der Waals surface area contributed by atoms with Crippen molar-refractivity contribution >= 4 is 33.1 Å². The second-order valence-corrected chi connectivity index (χ2v) is 4.37. The van der Waals surface area contributed by atoms with E-state index in [0.717, 1.165) is 5.38 Å². The Hall–Kier alpha value is -1.12. The maximum atomic E-state index is 10.7. The number of carbonyl (C=O) groups is 1. The summed E-state index contributed by atoms with van der Waals surface area (Å²) in [5, 5.41) is 9.67. The molecule has 0 atom stereocenters. The van der Waals surface area contributed by atoms with Crippen LogP contribution in [0.4, 0.5) is 5.69 Å². The highest BCUT2D eigenvalue weighted by atomic mass is 32.2. The Morgan fingerprint density at radius 3 is 2.38 bits per heavy atom. The van der Waals surface area contributed by atoms with Gasteiger partial charge in [0.05, 0.1) is 5.69 Å². The summed E-state index contributed by atoms with van der Waals surface area (Å²) in [6.07, 6.45) is 0. The normalized spacial score (nSPS) is 11.5. The number of anilines is 1. The first kappa shape index (κ1) is 9.96. The van der Waals surface area contributed by atoms with Crippen LogP contribution in [0, 0.1) is 0 Å². The van der Waals surface area contributed by atoms with Crippen molar-refractivity contribution in [3.63, 3.8) is 0 Å². The van der Waals surface area contributed by atoms with Gasteiger partial charge in [0.1, 0.15) is 9.77 Å². The van der Waals surface area contributed by atoms with Gasteiger partial charge in [-0.15, -0.1) is 11.3 Å². The van der Waals surface area contributed by atoms with Gasteiger partial charge in [0, 0.05) is 5.38 Å². The van der Waals surface area contributed by atoms with Crippen LogP contribution in [-0.4, -0.2) is 24.0 Å². The van der Waals surface area contributed by atoms with Gasteiger partial charge < -0.3 is 10.8 Å². The standard InChI is InChI=1S/C5H5NO5S2/c6-2-1-12-3(5(7)8)4(2)13(9,10)11/h1H,6H2,(H,7,8)(H,9,10,11). The van der Waals surface area contributed by atoms with Crippen molar-refractivity contribution in [1.82, 2.24) is 0 Å². The molecule has 0 spiro atoms. The lowest BCUT2D eigenvalue weighted by Crippen LogP contribution is -2.06. The second-order valence-electron chi connectivity index (χ2n) is 2.13. The molecule has 0 aliphatic carbocycles. The Labute approximate surface area is 77.4 Å². The highest BCUT2D eigenvalue weighted by molar-refractivity contribution is 7.86. The topological polar surface area (TPSA) is 118 Å². The molecule has 1 rings (SSSR count). The minimum atomic E-state index is -4.56. The highest BCUT2D eigenvalue weighted by Crippen LogP contribution is 2.28. The van der Waals surface area contributed by atoms with Gasteiger partial charge in [-0.25, -0.2) is 4.79 Å². The molecule has 13 heavy (non-hydrogen) atoms. The minimum Gasteiger partial charge on any atom is -0.477 e. The molecule has 0 amide bonds. The largest absolute Gasteiger partial charge is 0.477 e. The van der Waals surface area contributed by atoms with E-state index in [0.29, 0.717) is 11.3 Å². The molecule has 0 aliphatic rings. The zero-order valence-corrected chi connectivity index (χ0v) is 7.72. The number of thiophene rings is 1. The van der Waals surface area contributed by atoms with Crippen LogP contribution in [0.3, 0.4) is 0 Å². The third-order valence-corrected chi connectivity index (χ3v) is 3.30. The summed E-state index contributed by atoms with van der Waals surface area (Å²) in [4.78, 5) is 9.24. The molecule has 0 radical (unpaired) electrons. The Balaban J connectivity index is 3.51. The van der Waals surface area contributed by atoms with E-state index in [4.69, 9.17) is 15.4 Å². The number of nitrogen functional groups attached to an aromatic ring is 1. The lowest BCUT2D eigenvalue weighted by Gasteiger charge is -1.96. The Kier molecular flexibility index (Phi) is 2.28. The fourth-order valence-electron chi connectivity index (χ4n) is 0.774. The number of rotatable bonds is 2. The van der Waals surface area contributed by atoms with Crippen LogP contribution >= 0.6 is 11.3 Å². The van der Waals surface area contributed by atoms with Gasteiger partial charge in [-0.3, -0.25) is 4.55 Å². The number of carboxylic acid groups (broad SMARTS) is 1. The lowest BCUT2D eigenvalue weighted by molar-refractivity contribution is 0.0698.